The van der Waals surface area contributed by atoms with Crippen LogP contribution in [0.2, 0.25) is 0 Å². The summed E-state index contributed by atoms with van der Waals surface area (Å²) >= 11 is 6.37. The lowest BCUT2D eigenvalue weighted by atomic mass is 10.3. The van der Waals surface area contributed by atoms with Crippen LogP contribution in [0.1, 0.15) is 5.82 Å². The SMILES string of the molecule is Fc1ccccc1SCc1nccc(=S)[nH]1. The number of aromatic nitrogens is 2. The Morgan fingerprint density at radius 3 is 2.88 bits per heavy atom. The van der Waals surface area contributed by atoms with Gasteiger partial charge in [-0.3, -0.25) is 0 Å². The normalized spacial score (nSPS) is 10.3. The average Bonchev–Trinajstić information content (AvgIpc) is 2.28. The van der Waals surface area contributed by atoms with E-state index in [1.807, 2.05) is 6.07 Å². The van der Waals surface area contributed by atoms with Crippen molar-refractivity contribution in [3.05, 3.63) is 52.8 Å². The molecule has 0 amide bonds. The van der Waals surface area contributed by atoms with Gasteiger partial charge in [-0.1, -0.05) is 24.4 Å². The van der Waals surface area contributed by atoms with Gasteiger partial charge < -0.3 is 4.98 Å². The van der Waals surface area contributed by atoms with Crippen LogP contribution in [0.3, 0.4) is 0 Å². The van der Waals surface area contributed by atoms with Gasteiger partial charge in [0, 0.05) is 11.1 Å². The van der Waals surface area contributed by atoms with Crippen LogP contribution in [0.15, 0.2) is 41.4 Å². The number of nitrogens with one attached hydrogen (secondary N) is 1. The van der Waals surface area contributed by atoms with Gasteiger partial charge in [0.15, 0.2) is 0 Å². The number of rotatable bonds is 3. The Morgan fingerprint density at radius 1 is 1.31 bits per heavy atom. The molecule has 2 aromatic rings. The molecule has 2 rings (SSSR count). The standard InChI is InChI=1S/C11H9FN2S2/c12-8-3-1-2-4-9(8)16-7-10-13-6-5-11(15)14-10/h1-6H,7H2,(H,13,14,15). The summed E-state index contributed by atoms with van der Waals surface area (Å²) in [6.07, 6.45) is 1.65. The molecule has 0 aliphatic heterocycles. The third kappa shape index (κ3) is 2.90. The summed E-state index contributed by atoms with van der Waals surface area (Å²) in [5, 5.41) is 0. The molecule has 0 saturated heterocycles. The van der Waals surface area contributed by atoms with Crippen LogP contribution in [-0.4, -0.2) is 9.97 Å². The molecule has 0 atom stereocenters. The zero-order valence-electron chi connectivity index (χ0n) is 8.31. The maximum Gasteiger partial charge on any atom is 0.136 e. The van der Waals surface area contributed by atoms with Gasteiger partial charge in [0.25, 0.3) is 0 Å². The van der Waals surface area contributed by atoms with E-state index in [1.165, 1.54) is 17.8 Å². The van der Waals surface area contributed by atoms with Gasteiger partial charge in [-0.25, -0.2) is 9.37 Å². The zero-order chi connectivity index (χ0) is 11.4. The summed E-state index contributed by atoms with van der Waals surface area (Å²) in [7, 11) is 0. The summed E-state index contributed by atoms with van der Waals surface area (Å²) < 4.78 is 13.9. The highest BCUT2D eigenvalue weighted by molar-refractivity contribution is 7.98. The number of benzene rings is 1. The van der Waals surface area contributed by atoms with E-state index in [0.717, 1.165) is 5.82 Å². The molecule has 2 nitrogen and oxygen atoms in total. The summed E-state index contributed by atoms with van der Waals surface area (Å²) in [6, 6.07) is 8.40. The van der Waals surface area contributed by atoms with Gasteiger partial charge in [-0.05, 0) is 18.2 Å². The van der Waals surface area contributed by atoms with Crippen molar-refractivity contribution in [2.24, 2.45) is 0 Å². The number of H-pyrrole nitrogens is 1. The highest BCUT2D eigenvalue weighted by atomic mass is 32.2. The lowest BCUT2D eigenvalue weighted by Crippen LogP contribution is -1.91. The summed E-state index contributed by atoms with van der Waals surface area (Å²) in [4.78, 5) is 7.69. The fraction of sp³-hybridized carbons (Fsp3) is 0.0909. The second-order valence-corrected chi connectivity index (χ2v) is 4.56. The lowest BCUT2D eigenvalue weighted by molar-refractivity contribution is 0.602. The quantitative estimate of drug-likeness (QED) is 0.668. The van der Waals surface area contributed by atoms with Crippen molar-refractivity contribution in [2.75, 3.05) is 0 Å². The number of hydrogen-bond donors (Lipinski definition) is 1. The highest BCUT2D eigenvalue weighted by Gasteiger charge is 2.02. The maximum atomic E-state index is 13.3. The molecule has 1 N–H and O–H groups in total. The summed E-state index contributed by atoms with van der Waals surface area (Å²) in [6.45, 7) is 0. The smallest absolute Gasteiger partial charge is 0.136 e. The van der Waals surface area contributed by atoms with E-state index in [2.05, 4.69) is 9.97 Å². The van der Waals surface area contributed by atoms with Crippen molar-refractivity contribution in [2.45, 2.75) is 10.6 Å². The molecule has 1 heterocycles. The van der Waals surface area contributed by atoms with Crippen LogP contribution in [0.4, 0.5) is 4.39 Å². The Morgan fingerprint density at radius 2 is 2.12 bits per heavy atom. The van der Waals surface area contributed by atoms with Crippen LogP contribution in [0.5, 0.6) is 0 Å². The molecular formula is C11H9FN2S2. The van der Waals surface area contributed by atoms with E-state index >= 15 is 0 Å². The number of thioether (sulfide) groups is 1. The molecule has 0 saturated carbocycles. The minimum atomic E-state index is -0.206. The Balaban J connectivity index is 2.08. The third-order valence-corrected chi connectivity index (χ3v) is 3.22. The summed E-state index contributed by atoms with van der Waals surface area (Å²) in [5.41, 5.74) is 0. The van der Waals surface area contributed by atoms with E-state index < -0.39 is 0 Å². The van der Waals surface area contributed by atoms with Crippen LogP contribution in [-0.2, 0) is 5.75 Å². The van der Waals surface area contributed by atoms with Gasteiger partial charge in [-0.15, -0.1) is 11.8 Å². The van der Waals surface area contributed by atoms with Crippen molar-refractivity contribution in [1.29, 1.82) is 0 Å². The van der Waals surface area contributed by atoms with Gasteiger partial charge in [-0.2, -0.15) is 0 Å². The van der Waals surface area contributed by atoms with Crippen LogP contribution >= 0.6 is 24.0 Å². The first-order valence-corrected chi connectivity index (χ1v) is 6.06. The average molecular weight is 252 g/mol. The fourth-order valence-corrected chi connectivity index (χ4v) is 2.19. The molecule has 0 aliphatic rings. The molecule has 0 aliphatic carbocycles. The number of aromatic amines is 1. The van der Waals surface area contributed by atoms with Crippen molar-refractivity contribution < 1.29 is 4.39 Å². The second-order valence-electron chi connectivity index (χ2n) is 3.10. The number of halogens is 1. The van der Waals surface area contributed by atoms with Gasteiger partial charge in [0.05, 0.1) is 5.75 Å². The maximum absolute atomic E-state index is 13.3. The van der Waals surface area contributed by atoms with Crippen molar-refractivity contribution in [3.63, 3.8) is 0 Å². The Bertz CT molecular complexity index is 539. The third-order valence-electron chi connectivity index (χ3n) is 1.92. The lowest BCUT2D eigenvalue weighted by Gasteiger charge is -2.02. The van der Waals surface area contributed by atoms with Crippen molar-refractivity contribution >= 4 is 24.0 Å². The second kappa shape index (κ2) is 5.23. The van der Waals surface area contributed by atoms with Crippen LogP contribution in [0.25, 0.3) is 0 Å². The monoisotopic (exact) mass is 252 g/mol. The predicted molar refractivity (Wildman–Crippen MR) is 65.4 cm³/mol. The molecule has 0 bridgehead atoms. The fourth-order valence-electron chi connectivity index (χ4n) is 1.19. The molecule has 5 heteroatoms. The van der Waals surface area contributed by atoms with Gasteiger partial charge in [0.2, 0.25) is 0 Å². The molecule has 82 valence electrons. The minimum absolute atomic E-state index is 0.206. The molecule has 1 aromatic heterocycles. The summed E-state index contributed by atoms with van der Waals surface area (Å²) in [5.74, 6) is 1.12. The van der Waals surface area contributed by atoms with Gasteiger partial charge in [0.1, 0.15) is 16.3 Å². The Hall–Kier alpha value is -1.20. The van der Waals surface area contributed by atoms with Crippen molar-refractivity contribution in [1.82, 2.24) is 9.97 Å². The molecule has 0 unspecified atom stereocenters. The topological polar surface area (TPSA) is 28.7 Å². The molecule has 0 spiro atoms. The first-order chi connectivity index (χ1) is 7.75. The molecule has 0 radical (unpaired) electrons. The first kappa shape index (κ1) is 11.3. The molecular weight excluding hydrogens is 243 g/mol. The molecule has 16 heavy (non-hydrogen) atoms. The zero-order valence-corrected chi connectivity index (χ0v) is 9.95. The van der Waals surface area contributed by atoms with Gasteiger partial charge >= 0.3 is 0 Å². The van der Waals surface area contributed by atoms with E-state index in [4.69, 9.17) is 12.2 Å². The number of hydrogen-bond acceptors (Lipinski definition) is 3. The van der Waals surface area contributed by atoms with E-state index in [-0.39, 0.29) is 5.82 Å². The van der Waals surface area contributed by atoms with E-state index in [0.29, 0.717) is 15.3 Å². The van der Waals surface area contributed by atoms with Crippen LogP contribution in [0, 0.1) is 10.5 Å². The predicted octanol–water partition coefficient (Wildman–Crippen LogP) is 3.57. The largest absolute Gasteiger partial charge is 0.334 e. The van der Waals surface area contributed by atoms with E-state index in [9.17, 15) is 4.39 Å². The Kier molecular flexibility index (Phi) is 3.69. The highest BCUT2D eigenvalue weighted by Crippen LogP contribution is 2.23. The van der Waals surface area contributed by atoms with E-state index in [1.54, 1.807) is 24.4 Å². The van der Waals surface area contributed by atoms with Crippen molar-refractivity contribution in [3.8, 4) is 0 Å². The molecule has 1 aromatic carbocycles. The minimum Gasteiger partial charge on any atom is -0.334 e. The molecule has 0 fully saturated rings. The Labute approximate surface area is 102 Å². The first-order valence-electron chi connectivity index (χ1n) is 4.67. The number of nitrogens with zero attached hydrogens (tertiary/aromatic N) is 1. The van der Waals surface area contributed by atoms with Crippen LogP contribution < -0.4 is 0 Å².